The van der Waals surface area contributed by atoms with Crippen molar-refractivity contribution < 1.29 is 23.5 Å². The molecule has 0 radical (unpaired) electrons. The van der Waals surface area contributed by atoms with Gasteiger partial charge in [0.05, 0.1) is 23.3 Å². The van der Waals surface area contributed by atoms with Gasteiger partial charge in [0.1, 0.15) is 5.00 Å². The summed E-state index contributed by atoms with van der Waals surface area (Å²) in [5, 5.41) is 2.88. The quantitative estimate of drug-likeness (QED) is 0.674. The molecule has 2 aromatic rings. The van der Waals surface area contributed by atoms with E-state index in [2.05, 4.69) is 5.32 Å². The van der Waals surface area contributed by atoms with E-state index in [1.807, 2.05) is 0 Å². The summed E-state index contributed by atoms with van der Waals surface area (Å²) in [5.74, 6) is -1.12. The molecule has 7 heteroatoms. The van der Waals surface area contributed by atoms with Gasteiger partial charge in [-0.05, 0) is 38.5 Å². The lowest BCUT2D eigenvalue weighted by atomic mass is 10.1. The first-order valence-electron chi connectivity index (χ1n) is 6.62. The lowest BCUT2D eigenvalue weighted by Gasteiger charge is -2.05. The third-order valence-corrected chi connectivity index (χ3v) is 4.23. The van der Waals surface area contributed by atoms with Gasteiger partial charge in [0.2, 0.25) is 0 Å². The molecule has 22 heavy (non-hydrogen) atoms. The van der Waals surface area contributed by atoms with Crippen LogP contribution in [0.2, 0.25) is 0 Å². The molecule has 0 spiro atoms. The van der Waals surface area contributed by atoms with Gasteiger partial charge in [0, 0.05) is 0 Å². The van der Waals surface area contributed by atoms with Gasteiger partial charge in [-0.2, -0.15) is 0 Å². The van der Waals surface area contributed by atoms with Crippen LogP contribution < -0.4 is 5.32 Å². The van der Waals surface area contributed by atoms with Crippen LogP contribution in [0.15, 0.2) is 22.8 Å². The number of hydrogen-bond donors (Lipinski definition) is 1. The first-order chi connectivity index (χ1) is 10.5. The molecule has 2 aromatic heterocycles. The Hall–Kier alpha value is -2.41. The van der Waals surface area contributed by atoms with Crippen LogP contribution in [0, 0.1) is 6.92 Å². The molecule has 116 valence electrons. The molecule has 1 N–H and O–H groups in total. The third-order valence-electron chi connectivity index (χ3n) is 2.92. The zero-order valence-corrected chi connectivity index (χ0v) is 13.2. The number of ketones is 1. The minimum absolute atomic E-state index is 0.116. The minimum Gasteiger partial charge on any atom is -0.462 e. The van der Waals surface area contributed by atoms with E-state index < -0.39 is 11.9 Å². The number of esters is 1. The lowest BCUT2D eigenvalue weighted by Crippen LogP contribution is -2.14. The van der Waals surface area contributed by atoms with Crippen molar-refractivity contribution in [2.24, 2.45) is 0 Å². The number of ether oxygens (including phenoxy) is 1. The summed E-state index contributed by atoms with van der Waals surface area (Å²) in [6.07, 6.45) is 1.38. The zero-order chi connectivity index (χ0) is 16.3. The Kier molecular flexibility index (Phi) is 4.77. The number of nitrogens with one attached hydrogen (secondary N) is 1. The predicted octanol–water partition coefficient (Wildman–Crippen LogP) is 3.28. The Morgan fingerprint density at radius 3 is 2.64 bits per heavy atom. The standard InChI is InChI=1S/C15H15NO5S/c1-4-20-15(19)11-8(2)12(9(3)17)22-14(11)16-13(18)10-6-5-7-21-10/h5-7H,4H2,1-3H3,(H,16,18). The molecule has 0 saturated carbocycles. The normalized spacial score (nSPS) is 10.3. The molecule has 0 unspecified atom stereocenters. The first kappa shape index (κ1) is 16.0. The Labute approximate surface area is 131 Å². The highest BCUT2D eigenvalue weighted by Gasteiger charge is 2.25. The second-order valence-corrected chi connectivity index (χ2v) is 5.49. The van der Waals surface area contributed by atoms with Crippen molar-refractivity contribution in [2.45, 2.75) is 20.8 Å². The number of furan rings is 1. The van der Waals surface area contributed by atoms with Crippen LogP contribution in [-0.4, -0.2) is 24.3 Å². The van der Waals surface area contributed by atoms with Gasteiger partial charge in [-0.3, -0.25) is 9.59 Å². The van der Waals surface area contributed by atoms with Crippen LogP contribution in [0.3, 0.4) is 0 Å². The molecule has 0 aliphatic heterocycles. The number of hydrogen-bond acceptors (Lipinski definition) is 6. The fraction of sp³-hybridized carbons (Fsp3) is 0.267. The maximum atomic E-state index is 12.1. The van der Waals surface area contributed by atoms with Gasteiger partial charge in [-0.15, -0.1) is 11.3 Å². The largest absolute Gasteiger partial charge is 0.462 e. The maximum absolute atomic E-state index is 12.1. The highest BCUT2D eigenvalue weighted by atomic mass is 32.1. The molecule has 6 nitrogen and oxygen atoms in total. The van der Waals surface area contributed by atoms with Gasteiger partial charge in [-0.25, -0.2) is 4.79 Å². The molecule has 0 aliphatic rings. The molecule has 2 heterocycles. The highest BCUT2D eigenvalue weighted by Crippen LogP contribution is 2.34. The molecule has 0 fully saturated rings. The molecule has 0 atom stereocenters. The Balaban J connectivity index is 2.40. The summed E-state index contributed by atoms with van der Waals surface area (Å²) >= 11 is 1.05. The average molecular weight is 321 g/mol. The summed E-state index contributed by atoms with van der Waals surface area (Å²) in [4.78, 5) is 36.2. The van der Waals surface area contributed by atoms with Crippen LogP contribution in [0.5, 0.6) is 0 Å². The molecule has 0 aliphatic carbocycles. The second-order valence-electron chi connectivity index (χ2n) is 4.47. The molecule has 1 amide bonds. The Morgan fingerprint density at radius 1 is 1.36 bits per heavy atom. The maximum Gasteiger partial charge on any atom is 0.341 e. The third kappa shape index (κ3) is 3.09. The summed E-state index contributed by atoms with van der Waals surface area (Å²) in [5.41, 5.74) is 0.711. The smallest absolute Gasteiger partial charge is 0.341 e. The van der Waals surface area contributed by atoms with E-state index in [0.29, 0.717) is 10.4 Å². The van der Waals surface area contributed by atoms with Crippen LogP contribution in [-0.2, 0) is 4.74 Å². The van der Waals surface area contributed by atoms with Crippen molar-refractivity contribution in [1.82, 2.24) is 0 Å². The minimum atomic E-state index is -0.571. The number of carbonyl (C=O) groups is 3. The molecular weight excluding hydrogens is 306 g/mol. The van der Waals surface area contributed by atoms with Crippen molar-refractivity contribution in [3.8, 4) is 0 Å². The molecule has 0 bridgehead atoms. The van der Waals surface area contributed by atoms with Crippen LogP contribution in [0.1, 0.15) is 50.0 Å². The number of anilines is 1. The molecule has 0 saturated heterocycles. The summed E-state index contributed by atoms with van der Waals surface area (Å²) < 4.78 is 10.0. The van der Waals surface area contributed by atoms with E-state index in [0.717, 1.165) is 11.3 Å². The van der Waals surface area contributed by atoms with E-state index in [1.54, 1.807) is 19.9 Å². The lowest BCUT2D eigenvalue weighted by molar-refractivity contribution is 0.0527. The van der Waals surface area contributed by atoms with Crippen LogP contribution >= 0.6 is 11.3 Å². The number of rotatable bonds is 5. The Bertz CT molecular complexity index is 715. The number of carbonyl (C=O) groups excluding carboxylic acids is 3. The number of Topliss-reactive ketones (excluding diaryl/α,β-unsaturated/α-hetero) is 1. The number of thiophene rings is 1. The van der Waals surface area contributed by atoms with Crippen molar-refractivity contribution in [3.63, 3.8) is 0 Å². The van der Waals surface area contributed by atoms with Crippen molar-refractivity contribution in [3.05, 3.63) is 40.2 Å². The zero-order valence-electron chi connectivity index (χ0n) is 12.4. The fourth-order valence-electron chi connectivity index (χ4n) is 1.96. The van der Waals surface area contributed by atoms with Crippen LogP contribution in [0.25, 0.3) is 0 Å². The monoisotopic (exact) mass is 321 g/mol. The van der Waals surface area contributed by atoms with Crippen molar-refractivity contribution >= 4 is 34.0 Å². The van der Waals surface area contributed by atoms with Gasteiger partial charge in [-0.1, -0.05) is 0 Å². The van der Waals surface area contributed by atoms with Gasteiger partial charge < -0.3 is 14.5 Å². The molecular formula is C15H15NO5S. The van der Waals surface area contributed by atoms with Gasteiger partial charge in [0.15, 0.2) is 11.5 Å². The first-order valence-corrected chi connectivity index (χ1v) is 7.43. The number of amides is 1. The SMILES string of the molecule is CCOC(=O)c1c(NC(=O)c2ccco2)sc(C(C)=O)c1C. The second kappa shape index (κ2) is 6.57. The van der Waals surface area contributed by atoms with Gasteiger partial charge in [0.25, 0.3) is 5.91 Å². The molecule has 0 aromatic carbocycles. The van der Waals surface area contributed by atoms with E-state index in [4.69, 9.17) is 9.15 Å². The topological polar surface area (TPSA) is 85.6 Å². The predicted molar refractivity (Wildman–Crippen MR) is 81.7 cm³/mol. The van der Waals surface area contributed by atoms with Crippen molar-refractivity contribution in [2.75, 3.05) is 11.9 Å². The summed E-state index contributed by atoms with van der Waals surface area (Å²) in [6.45, 7) is 4.95. The average Bonchev–Trinajstić information content (AvgIpc) is 3.07. The molecule has 2 rings (SSSR count). The van der Waals surface area contributed by atoms with Gasteiger partial charge >= 0.3 is 5.97 Å². The van der Waals surface area contributed by atoms with E-state index in [1.165, 1.54) is 19.3 Å². The van der Waals surface area contributed by atoms with Crippen molar-refractivity contribution in [1.29, 1.82) is 0 Å². The summed E-state index contributed by atoms with van der Waals surface area (Å²) in [7, 11) is 0. The van der Waals surface area contributed by atoms with E-state index >= 15 is 0 Å². The highest BCUT2D eigenvalue weighted by molar-refractivity contribution is 7.18. The van der Waals surface area contributed by atoms with E-state index in [-0.39, 0.29) is 28.7 Å². The fourth-order valence-corrected chi connectivity index (χ4v) is 3.04. The summed E-state index contributed by atoms with van der Waals surface area (Å²) in [6, 6.07) is 3.09. The Morgan fingerprint density at radius 2 is 2.09 bits per heavy atom. The van der Waals surface area contributed by atoms with Crippen LogP contribution in [0.4, 0.5) is 5.00 Å². The van der Waals surface area contributed by atoms with E-state index in [9.17, 15) is 14.4 Å².